The number of amides is 2. The van der Waals surface area contributed by atoms with E-state index in [1.807, 2.05) is 25.3 Å². The van der Waals surface area contributed by atoms with E-state index in [4.69, 9.17) is 0 Å². The number of hydrogen-bond acceptors (Lipinski definition) is 7. The van der Waals surface area contributed by atoms with Gasteiger partial charge in [0.25, 0.3) is 0 Å². The molecular weight excluding hydrogens is 364 g/mol. The number of thiazole rings is 1. The number of rotatable bonds is 5. The molecule has 144 valence electrons. The van der Waals surface area contributed by atoms with Gasteiger partial charge in [-0.3, -0.25) is 14.5 Å². The van der Waals surface area contributed by atoms with E-state index >= 15 is 0 Å². The highest BCUT2D eigenvalue weighted by molar-refractivity contribution is 7.15. The van der Waals surface area contributed by atoms with Crippen LogP contribution in [0.4, 0.5) is 16.6 Å². The van der Waals surface area contributed by atoms with Gasteiger partial charge < -0.3 is 15.5 Å². The maximum absolute atomic E-state index is 11.5. The number of hydrogen-bond donors (Lipinski definition) is 2. The smallest absolute Gasteiger partial charge is 0.223 e. The first kappa shape index (κ1) is 19.2. The molecule has 27 heavy (non-hydrogen) atoms. The van der Waals surface area contributed by atoms with Gasteiger partial charge in [-0.25, -0.2) is 9.97 Å². The first-order valence-electron chi connectivity index (χ1n) is 8.85. The van der Waals surface area contributed by atoms with E-state index in [-0.39, 0.29) is 11.8 Å². The van der Waals surface area contributed by atoms with Crippen LogP contribution in [0, 0.1) is 6.92 Å². The van der Waals surface area contributed by atoms with Gasteiger partial charge in [0.2, 0.25) is 11.8 Å². The summed E-state index contributed by atoms with van der Waals surface area (Å²) in [6, 6.07) is 3.99. The Bertz CT molecular complexity index is 829. The Morgan fingerprint density at radius 1 is 1.11 bits per heavy atom. The predicted octanol–water partition coefficient (Wildman–Crippen LogP) is 2.09. The lowest BCUT2D eigenvalue weighted by Gasteiger charge is -2.36. The maximum atomic E-state index is 11.5. The third kappa shape index (κ3) is 5.24. The van der Waals surface area contributed by atoms with Crippen LogP contribution in [0.25, 0.3) is 0 Å². The third-order valence-corrected chi connectivity index (χ3v) is 5.13. The first-order chi connectivity index (χ1) is 12.9. The van der Waals surface area contributed by atoms with Crippen LogP contribution in [0.5, 0.6) is 0 Å². The second kappa shape index (κ2) is 8.45. The molecule has 1 aliphatic rings. The normalized spacial score (nSPS) is 14.9. The molecule has 3 rings (SSSR count). The van der Waals surface area contributed by atoms with Gasteiger partial charge in [-0.1, -0.05) is 0 Å². The monoisotopic (exact) mass is 388 g/mol. The molecule has 0 aliphatic carbocycles. The fourth-order valence-electron chi connectivity index (χ4n) is 3.02. The Hall–Kier alpha value is -2.52. The summed E-state index contributed by atoms with van der Waals surface area (Å²) >= 11 is 1.51. The van der Waals surface area contributed by atoms with E-state index in [9.17, 15) is 9.59 Å². The summed E-state index contributed by atoms with van der Waals surface area (Å²) in [4.78, 5) is 37.0. The molecule has 0 spiro atoms. The van der Waals surface area contributed by atoms with Crippen molar-refractivity contribution in [2.75, 3.05) is 41.7 Å². The Morgan fingerprint density at radius 2 is 1.81 bits per heavy atom. The molecule has 2 amide bonds. The van der Waals surface area contributed by atoms with Crippen molar-refractivity contribution in [1.29, 1.82) is 0 Å². The number of carbonyl (C=O) groups is 2. The highest BCUT2D eigenvalue weighted by Crippen LogP contribution is 2.26. The summed E-state index contributed by atoms with van der Waals surface area (Å²) in [5.74, 6) is 0.401. The fourth-order valence-corrected chi connectivity index (χ4v) is 3.92. The van der Waals surface area contributed by atoms with Crippen molar-refractivity contribution in [3.8, 4) is 0 Å². The lowest BCUT2D eigenvalue weighted by Crippen LogP contribution is -2.46. The molecule has 9 heteroatoms. The van der Waals surface area contributed by atoms with Gasteiger partial charge in [-0.15, -0.1) is 11.3 Å². The fraction of sp³-hybridized carbons (Fsp3) is 0.444. The van der Waals surface area contributed by atoms with Crippen LogP contribution < -0.4 is 15.5 Å². The van der Waals surface area contributed by atoms with Crippen molar-refractivity contribution in [3.63, 3.8) is 0 Å². The van der Waals surface area contributed by atoms with Crippen LogP contribution >= 0.6 is 11.3 Å². The molecular formula is C18H24N6O2S. The molecule has 0 bridgehead atoms. The Labute approximate surface area is 162 Å². The molecule has 1 fully saturated rings. The van der Waals surface area contributed by atoms with E-state index in [1.54, 1.807) is 0 Å². The average Bonchev–Trinajstić information content (AvgIpc) is 3.01. The summed E-state index contributed by atoms with van der Waals surface area (Å²) in [5, 5.41) is 6.19. The van der Waals surface area contributed by atoms with Crippen LogP contribution in [0.2, 0.25) is 0 Å². The molecule has 2 aromatic heterocycles. The number of piperazine rings is 1. The highest BCUT2D eigenvalue weighted by Gasteiger charge is 2.21. The molecule has 2 aromatic rings. The van der Waals surface area contributed by atoms with Gasteiger partial charge in [0, 0.05) is 63.3 Å². The van der Waals surface area contributed by atoms with Gasteiger partial charge in [-0.2, -0.15) is 0 Å². The second-order valence-corrected chi connectivity index (χ2v) is 7.69. The molecule has 0 atom stereocenters. The molecule has 1 aliphatic heterocycles. The molecule has 1 saturated heterocycles. The summed E-state index contributed by atoms with van der Waals surface area (Å²) in [6.07, 6.45) is 1.82. The molecule has 3 heterocycles. The van der Waals surface area contributed by atoms with Crippen LogP contribution in [0.1, 0.15) is 24.4 Å². The zero-order chi connectivity index (χ0) is 19.4. The van der Waals surface area contributed by atoms with Crippen molar-refractivity contribution in [2.45, 2.75) is 27.3 Å². The van der Waals surface area contributed by atoms with Crippen molar-refractivity contribution in [1.82, 2.24) is 14.9 Å². The van der Waals surface area contributed by atoms with Gasteiger partial charge in [0.15, 0.2) is 10.9 Å². The lowest BCUT2D eigenvalue weighted by molar-refractivity contribution is -0.115. The minimum atomic E-state index is -0.117. The Kier molecular flexibility index (Phi) is 6.02. The van der Waals surface area contributed by atoms with Crippen LogP contribution in [-0.4, -0.2) is 52.9 Å². The number of aryl methyl sites for hydroxylation is 1. The number of nitrogens with one attached hydrogen (secondary N) is 2. The van der Waals surface area contributed by atoms with Gasteiger partial charge in [0.1, 0.15) is 0 Å². The van der Waals surface area contributed by atoms with Crippen LogP contribution in [-0.2, 0) is 16.1 Å². The van der Waals surface area contributed by atoms with E-state index < -0.39 is 0 Å². The summed E-state index contributed by atoms with van der Waals surface area (Å²) in [7, 11) is 0. The van der Waals surface area contributed by atoms with E-state index in [0.29, 0.717) is 10.9 Å². The summed E-state index contributed by atoms with van der Waals surface area (Å²) in [6.45, 7) is 9.23. The van der Waals surface area contributed by atoms with Crippen LogP contribution in [0.3, 0.4) is 0 Å². The molecule has 8 nitrogen and oxygen atoms in total. The van der Waals surface area contributed by atoms with Crippen molar-refractivity contribution >= 4 is 39.8 Å². The standard InChI is InChI=1S/C18H24N6O2S/c1-12-4-5-16(17(20-12)21-13(2)25)24-8-6-23(7-9-24)11-15-10-19-18(27-15)22-14(3)26/h4-5,10H,6-9,11H2,1-3H3,(H,19,22,26)(H,20,21,25). The zero-order valence-corrected chi connectivity index (χ0v) is 16.6. The summed E-state index contributed by atoms with van der Waals surface area (Å²) < 4.78 is 0. The molecule has 2 N–H and O–H groups in total. The van der Waals surface area contributed by atoms with Crippen molar-refractivity contribution < 1.29 is 9.59 Å². The predicted molar refractivity (Wildman–Crippen MR) is 107 cm³/mol. The molecule has 0 unspecified atom stereocenters. The van der Waals surface area contributed by atoms with E-state index in [2.05, 4.69) is 30.4 Å². The average molecular weight is 388 g/mol. The molecule has 0 saturated carbocycles. The van der Waals surface area contributed by atoms with Gasteiger partial charge in [0.05, 0.1) is 5.69 Å². The number of aromatic nitrogens is 2. The number of anilines is 3. The second-order valence-electron chi connectivity index (χ2n) is 6.58. The molecule has 0 radical (unpaired) electrons. The summed E-state index contributed by atoms with van der Waals surface area (Å²) in [5.41, 5.74) is 1.84. The first-order valence-corrected chi connectivity index (χ1v) is 9.67. The van der Waals surface area contributed by atoms with Gasteiger partial charge in [-0.05, 0) is 19.1 Å². The highest BCUT2D eigenvalue weighted by atomic mass is 32.1. The molecule has 0 aromatic carbocycles. The van der Waals surface area contributed by atoms with Gasteiger partial charge >= 0.3 is 0 Å². The van der Waals surface area contributed by atoms with E-state index in [1.165, 1.54) is 25.2 Å². The third-order valence-electron chi connectivity index (χ3n) is 4.24. The topological polar surface area (TPSA) is 90.5 Å². The largest absolute Gasteiger partial charge is 0.366 e. The Balaban J connectivity index is 1.60. The Morgan fingerprint density at radius 3 is 2.48 bits per heavy atom. The number of pyridine rings is 1. The minimum absolute atomic E-state index is 0.105. The van der Waals surface area contributed by atoms with Crippen LogP contribution in [0.15, 0.2) is 18.3 Å². The number of nitrogens with zero attached hydrogens (tertiary/aromatic N) is 4. The van der Waals surface area contributed by atoms with Crippen molar-refractivity contribution in [2.24, 2.45) is 0 Å². The maximum Gasteiger partial charge on any atom is 0.223 e. The van der Waals surface area contributed by atoms with E-state index in [0.717, 1.165) is 49.0 Å². The quantitative estimate of drug-likeness (QED) is 0.815. The SMILES string of the molecule is CC(=O)Nc1ncc(CN2CCN(c3ccc(C)nc3NC(C)=O)CC2)s1. The lowest BCUT2D eigenvalue weighted by atomic mass is 10.2. The van der Waals surface area contributed by atoms with Crippen molar-refractivity contribution in [3.05, 3.63) is 28.9 Å². The minimum Gasteiger partial charge on any atom is -0.366 e. The zero-order valence-electron chi connectivity index (χ0n) is 15.8. The number of carbonyl (C=O) groups excluding carboxylic acids is 2.